The highest BCUT2D eigenvalue weighted by Crippen LogP contribution is 2.23. The molecule has 6 heteroatoms. The zero-order valence-corrected chi connectivity index (χ0v) is 12.6. The first-order valence-corrected chi connectivity index (χ1v) is 7.08. The molecular weight excluding hydrogens is 276 g/mol. The van der Waals surface area contributed by atoms with E-state index in [9.17, 15) is 13.6 Å². The van der Waals surface area contributed by atoms with Crippen LogP contribution in [0.3, 0.4) is 0 Å². The number of nitrogens with zero attached hydrogens (tertiary/aromatic N) is 2. The maximum Gasteiger partial charge on any atom is 0.238 e. The fourth-order valence-corrected chi connectivity index (χ4v) is 2.30. The summed E-state index contributed by atoms with van der Waals surface area (Å²) in [7, 11) is 1.99. The van der Waals surface area contributed by atoms with Gasteiger partial charge in [0.15, 0.2) is 11.6 Å². The van der Waals surface area contributed by atoms with Gasteiger partial charge < -0.3 is 9.80 Å². The fraction of sp³-hybridized carbons (Fsp3) is 0.533. The van der Waals surface area contributed by atoms with E-state index in [4.69, 9.17) is 0 Å². The average molecular weight is 297 g/mol. The molecule has 1 unspecified atom stereocenters. The van der Waals surface area contributed by atoms with E-state index in [0.717, 1.165) is 18.7 Å². The van der Waals surface area contributed by atoms with E-state index in [1.54, 1.807) is 4.90 Å². The number of benzene rings is 1. The molecule has 1 saturated heterocycles. The Labute approximate surface area is 123 Å². The molecule has 0 spiro atoms. The molecule has 1 aromatic rings. The molecule has 1 aliphatic heterocycles. The summed E-state index contributed by atoms with van der Waals surface area (Å²) in [5, 5.41) is 3.04. The minimum atomic E-state index is -0.895. The normalized spacial score (nSPS) is 19.1. The van der Waals surface area contributed by atoms with Crippen LogP contribution in [0.4, 0.5) is 8.78 Å². The molecule has 2 rings (SSSR count). The maximum absolute atomic E-state index is 13.4. The molecule has 0 bridgehead atoms. The second-order valence-electron chi connectivity index (χ2n) is 5.62. The molecule has 0 radical (unpaired) electrons. The third-order valence-electron chi connectivity index (χ3n) is 3.91. The molecule has 4 nitrogen and oxygen atoms in total. The molecule has 1 aromatic carbocycles. The van der Waals surface area contributed by atoms with Gasteiger partial charge in [0.05, 0.1) is 6.54 Å². The van der Waals surface area contributed by atoms with Gasteiger partial charge in [-0.05, 0) is 38.6 Å². The van der Waals surface area contributed by atoms with Crippen LogP contribution >= 0.6 is 0 Å². The van der Waals surface area contributed by atoms with Crippen LogP contribution in [-0.4, -0.2) is 48.4 Å². The molecule has 0 aliphatic carbocycles. The number of hydrogen-bond acceptors (Lipinski definition) is 3. The second kappa shape index (κ2) is 6.49. The quantitative estimate of drug-likeness (QED) is 0.899. The first kappa shape index (κ1) is 15.9. The van der Waals surface area contributed by atoms with Crippen LogP contribution in [0, 0.1) is 11.6 Å². The lowest BCUT2D eigenvalue weighted by Crippen LogP contribution is -2.39. The SMILES string of the molecule is CC(C)N(C)CCN1C(=O)CNC1c1ccc(F)c(F)c1. The molecule has 1 fully saturated rings. The molecule has 1 heterocycles. The Morgan fingerprint density at radius 2 is 2.10 bits per heavy atom. The van der Waals surface area contributed by atoms with E-state index in [-0.39, 0.29) is 12.5 Å². The van der Waals surface area contributed by atoms with Crippen molar-refractivity contribution in [3.05, 3.63) is 35.4 Å². The third kappa shape index (κ3) is 3.57. The van der Waals surface area contributed by atoms with E-state index in [1.165, 1.54) is 6.07 Å². The molecule has 1 aliphatic rings. The Bertz CT molecular complexity index is 522. The van der Waals surface area contributed by atoms with Gasteiger partial charge in [0.25, 0.3) is 0 Å². The van der Waals surface area contributed by atoms with Crippen molar-refractivity contribution in [2.24, 2.45) is 0 Å². The highest BCUT2D eigenvalue weighted by atomic mass is 19.2. The van der Waals surface area contributed by atoms with Crippen molar-refractivity contribution in [2.75, 3.05) is 26.7 Å². The van der Waals surface area contributed by atoms with Gasteiger partial charge in [0.1, 0.15) is 6.17 Å². The Kier molecular flexibility index (Phi) is 4.90. The van der Waals surface area contributed by atoms with E-state index >= 15 is 0 Å². The molecule has 0 aromatic heterocycles. The number of carbonyl (C=O) groups excluding carboxylic acids is 1. The zero-order chi connectivity index (χ0) is 15.6. The topological polar surface area (TPSA) is 35.6 Å². The number of likely N-dealkylation sites (N-methyl/N-ethyl adjacent to an activating group) is 1. The summed E-state index contributed by atoms with van der Waals surface area (Å²) < 4.78 is 26.4. The van der Waals surface area contributed by atoms with Gasteiger partial charge in [-0.25, -0.2) is 8.78 Å². The van der Waals surface area contributed by atoms with Crippen molar-refractivity contribution in [3.63, 3.8) is 0 Å². The van der Waals surface area contributed by atoms with Gasteiger partial charge in [0, 0.05) is 19.1 Å². The standard InChI is InChI=1S/C15H21F2N3O/c1-10(2)19(3)6-7-20-14(21)9-18-15(20)11-4-5-12(16)13(17)8-11/h4-5,8,10,15,18H,6-7,9H2,1-3H3. The van der Waals surface area contributed by atoms with Crippen LogP contribution in [0.2, 0.25) is 0 Å². The fourth-order valence-electron chi connectivity index (χ4n) is 2.30. The van der Waals surface area contributed by atoms with Crippen molar-refractivity contribution >= 4 is 5.91 Å². The van der Waals surface area contributed by atoms with Crippen LogP contribution in [-0.2, 0) is 4.79 Å². The highest BCUT2D eigenvalue weighted by molar-refractivity contribution is 5.80. The van der Waals surface area contributed by atoms with Crippen LogP contribution in [0.25, 0.3) is 0 Å². The molecule has 21 heavy (non-hydrogen) atoms. The predicted molar refractivity (Wildman–Crippen MR) is 76.6 cm³/mol. The monoisotopic (exact) mass is 297 g/mol. The Hall–Kier alpha value is -1.53. The van der Waals surface area contributed by atoms with E-state index in [1.807, 2.05) is 7.05 Å². The van der Waals surface area contributed by atoms with E-state index in [2.05, 4.69) is 24.1 Å². The van der Waals surface area contributed by atoms with Gasteiger partial charge in [0.2, 0.25) is 5.91 Å². The first-order valence-electron chi connectivity index (χ1n) is 7.08. The number of nitrogens with one attached hydrogen (secondary N) is 1. The van der Waals surface area contributed by atoms with Crippen molar-refractivity contribution in [3.8, 4) is 0 Å². The summed E-state index contributed by atoms with van der Waals surface area (Å²) in [6.45, 7) is 5.65. The van der Waals surface area contributed by atoms with Gasteiger partial charge in [-0.15, -0.1) is 0 Å². The van der Waals surface area contributed by atoms with E-state index in [0.29, 0.717) is 18.2 Å². The maximum atomic E-state index is 13.4. The van der Waals surface area contributed by atoms with Crippen molar-refractivity contribution in [1.82, 2.24) is 15.1 Å². The van der Waals surface area contributed by atoms with Crippen molar-refractivity contribution < 1.29 is 13.6 Å². The van der Waals surface area contributed by atoms with E-state index < -0.39 is 17.8 Å². The summed E-state index contributed by atoms with van der Waals surface area (Å²) in [6, 6.07) is 4.13. The van der Waals surface area contributed by atoms with Gasteiger partial charge in [-0.1, -0.05) is 6.07 Å². The lowest BCUT2D eigenvalue weighted by molar-refractivity contribution is -0.128. The van der Waals surface area contributed by atoms with Crippen molar-refractivity contribution in [2.45, 2.75) is 26.1 Å². The van der Waals surface area contributed by atoms with Crippen LogP contribution in [0.1, 0.15) is 25.6 Å². The number of halogens is 2. The molecule has 1 amide bonds. The number of carbonyl (C=O) groups is 1. The van der Waals surface area contributed by atoms with Crippen LogP contribution in [0.5, 0.6) is 0 Å². The predicted octanol–water partition coefficient (Wildman–Crippen LogP) is 1.74. The minimum Gasteiger partial charge on any atom is -0.321 e. The largest absolute Gasteiger partial charge is 0.321 e. The van der Waals surface area contributed by atoms with Crippen LogP contribution < -0.4 is 5.32 Å². The van der Waals surface area contributed by atoms with Gasteiger partial charge >= 0.3 is 0 Å². The lowest BCUT2D eigenvalue weighted by Gasteiger charge is -2.28. The Morgan fingerprint density at radius 3 is 2.71 bits per heavy atom. The smallest absolute Gasteiger partial charge is 0.238 e. The second-order valence-corrected chi connectivity index (χ2v) is 5.62. The third-order valence-corrected chi connectivity index (χ3v) is 3.91. The zero-order valence-electron chi connectivity index (χ0n) is 12.6. The summed E-state index contributed by atoms with van der Waals surface area (Å²) in [5.74, 6) is -1.80. The molecule has 1 N–H and O–H groups in total. The Balaban J connectivity index is 2.10. The minimum absolute atomic E-state index is 0.0260. The van der Waals surface area contributed by atoms with Crippen LogP contribution in [0.15, 0.2) is 18.2 Å². The van der Waals surface area contributed by atoms with Gasteiger partial charge in [-0.3, -0.25) is 10.1 Å². The number of hydrogen-bond donors (Lipinski definition) is 1. The highest BCUT2D eigenvalue weighted by Gasteiger charge is 2.31. The molecule has 0 saturated carbocycles. The molecule has 116 valence electrons. The summed E-state index contributed by atoms with van der Waals surface area (Å²) >= 11 is 0. The molecular formula is C15H21F2N3O. The summed E-state index contributed by atoms with van der Waals surface area (Å²) in [5.41, 5.74) is 0.562. The first-order chi connectivity index (χ1) is 9.90. The average Bonchev–Trinajstić information content (AvgIpc) is 2.80. The molecule has 1 atom stereocenters. The Morgan fingerprint density at radius 1 is 1.38 bits per heavy atom. The lowest BCUT2D eigenvalue weighted by atomic mass is 10.1. The number of rotatable bonds is 5. The van der Waals surface area contributed by atoms with Crippen molar-refractivity contribution in [1.29, 1.82) is 0 Å². The van der Waals surface area contributed by atoms with Gasteiger partial charge in [-0.2, -0.15) is 0 Å². The number of amides is 1. The summed E-state index contributed by atoms with van der Waals surface area (Å²) in [6.07, 6.45) is -0.395. The summed E-state index contributed by atoms with van der Waals surface area (Å²) in [4.78, 5) is 15.8.